The predicted octanol–water partition coefficient (Wildman–Crippen LogP) is 3.95. The number of thiol groups is 1. The van der Waals surface area contributed by atoms with E-state index < -0.39 is 0 Å². The summed E-state index contributed by atoms with van der Waals surface area (Å²) in [5.41, 5.74) is 0. The molecular weight excluding hydrogens is 214 g/mol. The molecule has 1 unspecified atom stereocenters. The van der Waals surface area contributed by atoms with Crippen molar-refractivity contribution in [3.63, 3.8) is 0 Å². The lowest BCUT2D eigenvalue weighted by Crippen LogP contribution is -2.36. The van der Waals surface area contributed by atoms with Crippen molar-refractivity contribution < 1.29 is 0 Å². The first kappa shape index (κ1) is 16.3. The van der Waals surface area contributed by atoms with Gasteiger partial charge in [-0.05, 0) is 30.1 Å². The Morgan fingerprint density at radius 1 is 1.00 bits per heavy atom. The van der Waals surface area contributed by atoms with E-state index in [4.69, 9.17) is 0 Å². The molecule has 0 aliphatic heterocycles. The second-order valence-corrected chi connectivity index (χ2v) is 5.59. The summed E-state index contributed by atoms with van der Waals surface area (Å²) in [6, 6.07) is 0. The molecule has 0 aromatic carbocycles. The van der Waals surface area contributed by atoms with Crippen LogP contribution >= 0.6 is 12.6 Å². The van der Waals surface area contributed by atoms with E-state index in [1.165, 1.54) is 32.5 Å². The molecule has 0 N–H and O–H groups in total. The molecule has 1 atom stereocenters. The Balaban J connectivity index is 4.16. The highest BCUT2D eigenvalue weighted by molar-refractivity contribution is 7.80. The fourth-order valence-corrected chi connectivity index (χ4v) is 2.59. The Hall–Kier alpha value is 0.310. The van der Waals surface area contributed by atoms with Crippen LogP contribution in [0.3, 0.4) is 0 Å². The molecule has 0 saturated carbocycles. The van der Waals surface area contributed by atoms with Gasteiger partial charge in [-0.15, -0.1) is 0 Å². The molecule has 2 heteroatoms. The van der Waals surface area contributed by atoms with Crippen molar-refractivity contribution in [1.82, 2.24) is 4.90 Å². The van der Waals surface area contributed by atoms with Crippen LogP contribution in [0.2, 0.25) is 0 Å². The molecule has 16 heavy (non-hydrogen) atoms. The minimum absolute atomic E-state index is 0.734. The first-order chi connectivity index (χ1) is 7.58. The van der Waals surface area contributed by atoms with Crippen LogP contribution in [-0.4, -0.2) is 30.3 Å². The van der Waals surface area contributed by atoms with Crippen molar-refractivity contribution >= 4 is 12.6 Å². The summed E-state index contributed by atoms with van der Waals surface area (Å²) in [7, 11) is 0. The quantitative estimate of drug-likeness (QED) is 0.602. The topological polar surface area (TPSA) is 3.24 Å². The largest absolute Gasteiger partial charge is 0.303 e. The Morgan fingerprint density at radius 2 is 1.56 bits per heavy atom. The second kappa shape index (κ2) is 9.35. The summed E-state index contributed by atoms with van der Waals surface area (Å²) >= 11 is 4.48. The van der Waals surface area contributed by atoms with E-state index >= 15 is 0 Å². The van der Waals surface area contributed by atoms with E-state index in [1.54, 1.807) is 0 Å². The van der Waals surface area contributed by atoms with Gasteiger partial charge >= 0.3 is 0 Å². The van der Waals surface area contributed by atoms with E-state index in [0.29, 0.717) is 0 Å². The lowest BCUT2D eigenvalue weighted by Gasteiger charge is -2.30. The molecule has 0 amide bonds. The molecule has 0 aliphatic rings. The van der Waals surface area contributed by atoms with Crippen molar-refractivity contribution in [2.75, 3.05) is 25.4 Å². The van der Waals surface area contributed by atoms with Crippen LogP contribution in [0.1, 0.15) is 47.5 Å². The molecule has 0 aromatic rings. The minimum Gasteiger partial charge on any atom is -0.303 e. The predicted molar refractivity (Wildman–Crippen MR) is 78.4 cm³/mol. The van der Waals surface area contributed by atoms with Gasteiger partial charge in [0.2, 0.25) is 0 Å². The van der Waals surface area contributed by atoms with Crippen LogP contribution in [0.25, 0.3) is 0 Å². The number of hydrogen-bond acceptors (Lipinski definition) is 2. The van der Waals surface area contributed by atoms with Gasteiger partial charge in [0.1, 0.15) is 0 Å². The molecule has 0 heterocycles. The fourth-order valence-electron chi connectivity index (χ4n) is 2.06. The molecule has 0 fully saturated rings. The highest BCUT2D eigenvalue weighted by Crippen LogP contribution is 2.16. The van der Waals surface area contributed by atoms with Crippen LogP contribution < -0.4 is 0 Å². The molecule has 98 valence electrons. The summed E-state index contributed by atoms with van der Waals surface area (Å²) < 4.78 is 0. The molecule has 0 aromatic heterocycles. The zero-order valence-electron chi connectivity index (χ0n) is 11.9. The Morgan fingerprint density at radius 3 is 1.88 bits per heavy atom. The van der Waals surface area contributed by atoms with Gasteiger partial charge in [0.25, 0.3) is 0 Å². The van der Waals surface area contributed by atoms with Crippen molar-refractivity contribution in [2.24, 2.45) is 17.8 Å². The average molecular weight is 245 g/mol. The molecule has 0 rings (SSSR count). The van der Waals surface area contributed by atoms with E-state index in [1.807, 2.05) is 0 Å². The Bertz CT molecular complexity index is 155. The molecule has 0 bridgehead atoms. The molecule has 0 spiro atoms. The lowest BCUT2D eigenvalue weighted by molar-refractivity contribution is 0.189. The third kappa shape index (κ3) is 6.15. The number of hydrogen-bond donors (Lipinski definition) is 1. The van der Waals surface area contributed by atoms with Crippen molar-refractivity contribution in [3.8, 4) is 0 Å². The van der Waals surface area contributed by atoms with Gasteiger partial charge in [0.05, 0.1) is 0 Å². The van der Waals surface area contributed by atoms with Crippen molar-refractivity contribution in [3.05, 3.63) is 0 Å². The van der Waals surface area contributed by atoms with E-state index in [9.17, 15) is 0 Å². The standard InChI is InChI=1S/C14H31NS/c1-6-13(7-2)9-15(8-3)10-14(11-16)12(4)5/h12-14,16H,6-11H2,1-5H3. The maximum Gasteiger partial charge on any atom is 0.00199 e. The van der Waals surface area contributed by atoms with E-state index in [0.717, 1.165) is 23.5 Å². The highest BCUT2D eigenvalue weighted by atomic mass is 32.1. The van der Waals surface area contributed by atoms with Crippen LogP contribution in [0, 0.1) is 17.8 Å². The second-order valence-electron chi connectivity index (χ2n) is 5.22. The van der Waals surface area contributed by atoms with Gasteiger partial charge in [0.15, 0.2) is 0 Å². The Kier molecular flexibility index (Phi) is 9.53. The molecule has 0 saturated heterocycles. The first-order valence-electron chi connectivity index (χ1n) is 6.92. The smallest absolute Gasteiger partial charge is 0.00199 e. The number of nitrogens with zero attached hydrogens (tertiary/aromatic N) is 1. The van der Waals surface area contributed by atoms with Gasteiger partial charge in [-0.1, -0.05) is 47.5 Å². The SMILES string of the molecule is CCC(CC)CN(CC)CC(CS)C(C)C. The average Bonchev–Trinajstić information content (AvgIpc) is 2.29. The van der Waals surface area contributed by atoms with Crippen molar-refractivity contribution in [2.45, 2.75) is 47.5 Å². The summed E-state index contributed by atoms with van der Waals surface area (Å²) in [6.07, 6.45) is 2.61. The minimum atomic E-state index is 0.734. The summed E-state index contributed by atoms with van der Waals surface area (Å²) in [4.78, 5) is 2.61. The third-order valence-corrected chi connectivity index (χ3v) is 4.26. The molecular formula is C14H31NS. The Labute approximate surface area is 108 Å². The normalized spacial score (nSPS) is 14.1. The fraction of sp³-hybridized carbons (Fsp3) is 1.00. The molecule has 0 aliphatic carbocycles. The van der Waals surface area contributed by atoms with Crippen LogP contribution in [0.5, 0.6) is 0 Å². The maximum atomic E-state index is 4.48. The third-order valence-electron chi connectivity index (χ3n) is 3.79. The van der Waals surface area contributed by atoms with Crippen LogP contribution in [0.15, 0.2) is 0 Å². The van der Waals surface area contributed by atoms with Crippen LogP contribution in [-0.2, 0) is 0 Å². The van der Waals surface area contributed by atoms with E-state index in [2.05, 4.69) is 52.1 Å². The zero-order valence-corrected chi connectivity index (χ0v) is 12.8. The monoisotopic (exact) mass is 245 g/mol. The van der Waals surface area contributed by atoms with Gasteiger partial charge in [0, 0.05) is 13.1 Å². The highest BCUT2D eigenvalue weighted by Gasteiger charge is 2.17. The van der Waals surface area contributed by atoms with Gasteiger partial charge in [-0.3, -0.25) is 0 Å². The summed E-state index contributed by atoms with van der Waals surface area (Å²) in [5, 5.41) is 0. The van der Waals surface area contributed by atoms with Crippen LogP contribution in [0.4, 0.5) is 0 Å². The molecule has 1 nitrogen and oxygen atoms in total. The van der Waals surface area contributed by atoms with Gasteiger partial charge < -0.3 is 4.90 Å². The first-order valence-corrected chi connectivity index (χ1v) is 7.55. The summed E-state index contributed by atoms with van der Waals surface area (Å²) in [6.45, 7) is 15.2. The molecule has 0 radical (unpaired) electrons. The van der Waals surface area contributed by atoms with Gasteiger partial charge in [-0.2, -0.15) is 12.6 Å². The zero-order chi connectivity index (χ0) is 12.6. The van der Waals surface area contributed by atoms with Crippen molar-refractivity contribution in [1.29, 1.82) is 0 Å². The lowest BCUT2D eigenvalue weighted by atomic mass is 9.96. The van der Waals surface area contributed by atoms with Gasteiger partial charge in [-0.25, -0.2) is 0 Å². The van der Waals surface area contributed by atoms with E-state index in [-0.39, 0.29) is 0 Å². The summed E-state index contributed by atoms with van der Waals surface area (Å²) in [5.74, 6) is 3.36. The number of rotatable bonds is 9. The maximum absolute atomic E-state index is 4.48.